The number of para-hydroxylation sites is 1. The van der Waals surface area contributed by atoms with Crippen LogP contribution in [0.2, 0.25) is 0 Å². The van der Waals surface area contributed by atoms with Crippen LogP contribution in [0.4, 0.5) is 4.39 Å². The topological polar surface area (TPSA) is 54.5 Å². The number of hydrogen-bond donors (Lipinski definition) is 0. The number of benzene rings is 2. The highest BCUT2D eigenvalue weighted by Gasteiger charge is 2.25. The summed E-state index contributed by atoms with van der Waals surface area (Å²) in [6.45, 7) is 3.25. The van der Waals surface area contributed by atoms with Gasteiger partial charge in [0, 0.05) is 44.4 Å². The summed E-state index contributed by atoms with van der Waals surface area (Å²) in [4.78, 5) is 17.7. The van der Waals surface area contributed by atoms with Crippen molar-refractivity contribution in [1.82, 2.24) is 19.6 Å². The minimum atomic E-state index is -0.188. The van der Waals surface area contributed by atoms with Gasteiger partial charge in [0.05, 0.1) is 12.0 Å². The van der Waals surface area contributed by atoms with Crippen molar-refractivity contribution in [1.29, 1.82) is 0 Å². The Morgan fingerprint density at radius 2 is 1.76 bits per heavy atom. The second-order valence-electron chi connectivity index (χ2n) is 8.15. The highest BCUT2D eigenvalue weighted by atomic mass is 19.1. The number of hydrogen-bond acceptors (Lipinski definition) is 4. The van der Waals surface area contributed by atoms with Crippen LogP contribution in [-0.4, -0.2) is 51.7 Å². The molecule has 33 heavy (non-hydrogen) atoms. The minimum absolute atomic E-state index is 0.0723. The van der Waals surface area contributed by atoms with Crippen LogP contribution in [0, 0.1) is 5.82 Å². The maximum Gasteiger partial charge on any atom is 0.272 e. The van der Waals surface area contributed by atoms with E-state index in [2.05, 4.69) is 10.00 Å². The number of amides is 1. The van der Waals surface area contributed by atoms with Gasteiger partial charge in [0.25, 0.3) is 5.91 Å². The molecular weight excluding hydrogens is 419 g/mol. The van der Waals surface area contributed by atoms with Gasteiger partial charge in [-0.05, 0) is 36.8 Å². The first-order valence-electron chi connectivity index (χ1n) is 11.1. The molecule has 1 saturated heterocycles. The lowest BCUT2D eigenvalue weighted by atomic mass is 10.2. The van der Waals surface area contributed by atoms with Crippen LogP contribution in [0.25, 0.3) is 17.1 Å². The van der Waals surface area contributed by atoms with Gasteiger partial charge in [0.1, 0.15) is 17.2 Å². The summed E-state index contributed by atoms with van der Waals surface area (Å²) < 4.78 is 21.3. The molecule has 1 amide bonds. The summed E-state index contributed by atoms with van der Waals surface area (Å²) in [7, 11) is 0. The minimum Gasteiger partial charge on any atom is -0.463 e. The second kappa shape index (κ2) is 9.42. The zero-order valence-electron chi connectivity index (χ0n) is 18.2. The molecule has 0 spiro atoms. The van der Waals surface area contributed by atoms with Crippen molar-refractivity contribution in [3.8, 4) is 17.1 Å². The maximum atomic E-state index is 14.1. The monoisotopic (exact) mass is 444 g/mol. The Hall–Kier alpha value is -3.71. The third-order valence-corrected chi connectivity index (χ3v) is 5.93. The molecule has 0 bridgehead atoms. The first-order chi connectivity index (χ1) is 16.2. The number of rotatable bonds is 5. The molecule has 0 aliphatic carbocycles. The zero-order valence-corrected chi connectivity index (χ0v) is 18.2. The molecule has 0 unspecified atom stereocenters. The van der Waals surface area contributed by atoms with Gasteiger partial charge in [-0.25, -0.2) is 9.07 Å². The molecule has 168 valence electrons. The van der Waals surface area contributed by atoms with Gasteiger partial charge < -0.3 is 9.32 Å². The SMILES string of the molecule is O=C(c1cc(-c2ccco2)nn1-c1ccccc1)N1CCCN(Cc2ccccc2F)CC1. The van der Waals surface area contributed by atoms with Crippen molar-refractivity contribution in [2.75, 3.05) is 26.2 Å². The van der Waals surface area contributed by atoms with Gasteiger partial charge in [0.15, 0.2) is 5.76 Å². The lowest BCUT2D eigenvalue weighted by molar-refractivity contribution is 0.0752. The fraction of sp³-hybridized carbons (Fsp3) is 0.231. The lowest BCUT2D eigenvalue weighted by Gasteiger charge is -2.22. The number of furan rings is 1. The summed E-state index contributed by atoms with van der Waals surface area (Å²) in [6.07, 6.45) is 2.42. The van der Waals surface area contributed by atoms with Gasteiger partial charge in [0.2, 0.25) is 0 Å². The van der Waals surface area contributed by atoms with Crippen LogP contribution in [0.15, 0.2) is 83.5 Å². The van der Waals surface area contributed by atoms with Crippen LogP contribution < -0.4 is 0 Å². The quantitative estimate of drug-likeness (QED) is 0.451. The molecule has 5 rings (SSSR count). The molecule has 2 aromatic carbocycles. The molecule has 0 N–H and O–H groups in total. The maximum absolute atomic E-state index is 14.1. The number of aromatic nitrogens is 2. The van der Waals surface area contributed by atoms with Gasteiger partial charge in [-0.1, -0.05) is 36.4 Å². The average Bonchev–Trinajstić information content (AvgIpc) is 3.47. The van der Waals surface area contributed by atoms with E-state index in [-0.39, 0.29) is 11.7 Å². The van der Waals surface area contributed by atoms with E-state index < -0.39 is 0 Å². The molecular formula is C26H25FN4O2. The summed E-state index contributed by atoms with van der Waals surface area (Å²) in [5.74, 6) is 0.356. The van der Waals surface area contributed by atoms with Gasteiger partial charge in [-0.3, -0.25) is 9.69 Å². The third kappa shape index (κ3) is 4.59. The van der Waals surface area contributed by atoms with E-state index in [4.69, 9.17) is 4.42 Å². The van der Waals surface area contributed by atoms with E-state index in [0.717, 1.165) is 18.7 Å². The van der Waals surface area contributed by atoms with E-state index in [1.807, 2.05) is 53.4 Å². The summed E-state index contributed by atoms with van der Waals surface area (Å²) in [5.41, 5.74) is 2.61. The normalized spacial score (nSPS) is 14.9. The second-order valence-corrected chi connectivity index (χ2v) is 8.15. The zero-order chi connectivity index (χ0) is 22.6. The Balaban J connectivity index is 1.37. The molecule has 1 aliphatic rings. The Bertz CT molecular complexity index is 1220. The highest BCUT2D eigenvalue weighted by Crippen LogP contribution is 2.24. The highest BCUT2D eigenvalue weighted by molar-refractivity contribution is 5.94. The Morgan fingerprint density at radius 3 is 2.55 bits per heavy atom. The molecule has 0 radical (unpaired) electrons. The first kappa shape index (κ1) is 21.2. The number of nitrogens with zero attached hydrogens (tertiary/aromatic N) is 4. The van der Waals surface area contributed by atoms with Crippen LogP contribution in [-0.2, 0) is 6.54 Å². The molecule has 1 fully saturated rings. The van der Waals surface area contributed by atoms with E-state index in [0.29, 0.717) is 48.9 Å². The molecule has 6 nitrogen and oxygen atoms in total. The number of carbonyl (C=O) groups excluding carboxylic acids is 1. The summed E-state index contributed by atoms with van der Waals surface area (Å²) in [5, 5.41) is 4.67. The predicted octanol–water partition coefficient (Wildman–Crippen LogP) is 4.62. The molecule has 2 aromatic heterocycles. The number of halogens is 1. The first-order valence-corrected chi connectivity index (χ1v) is 11.1. The average molecular weight is 445 g/mol. The van der Waals surface area contributed by atoms with Gasteiger partial charge in [-0.2, -0.15) is 5.10 Å². The largest absolute Gasteiger partial charge is 0.463 e. The van der Waals surface area contributed by atoms with Crippen LogP contribution in [0.1, 0.15) is 22.5 Å². The molecule has 0 saturated carbocycles. The number of carbonyl (C=O) groups is 1. The van der Waals surface area contributed by atoms with Crippen molar-refractivity contribution in [3.63, 3.8) is 0 Å². The van der Waals surface area contributed by atoms with Gasteiger partial charge in [-0.15, -0.1) is 0 Å². The van der Waals surface area contributed by atoms with Gasteiger partial charge >= 0.3 is 0 Å². The fourth-order valence-electron chi connectivity index (χ4n) is 4.21. The van der Waals surface area contributed by atoms with Crippen molar-refractivity contribution in [2.24, 2.45) is 0 Å². The lowest BCUT2D eigenvalue weighted by Crippen LogP contribution is -2.36. The molecule has 4 aromatic rings. The van der Waals surface area contributed by atoms with Crippen LogP contribution >= 0.6 is 0 Å². The Labute approximate surface area is 191 Å². The van der Waals surface area contributed by atoms with E-state index in [1.165, 1.54) is 6.07 Å². The molecule has 1 aliphatic heterocycles. The summed E-state index contributed by atoms with van der Waals surface area (Å²) >= 11 is 0. The smallest absolute Gasteiger partial charge is 0.272 e. The molecule has 7 heteroatoms. The predicted molar refractivity (Wildman–Crippen MR) is 123 cm³/mol. The standard InChI is InChI=1S/C26H25FN4O2/c27-22-11-5-4-8-20(22)19-29-13-7-14-30(16-15-29)26(32)24-18-23(25-12-6-17-33-25)28-31(24)21-9-2-1-3-10-21/h1-6,8-12,17-18H,7,13-16,19H2. The van der Waals surface area contributed by atoms with Crippen molar-refractivity contribution >= 4 is 5.91 Å². The Morgan fingerprint density at radius 1 is 0.939 bits per heavy atom. The van der Waals surface area contributed by atoms with E-state index in [9.17, 15) is 9.18 Å². The Kier molecular flexibility index (Phi) is 6.04. The third-order valence-electron chi connectivity index (χ3n) is 5.93. The van der Waals surface area contributed by atoms with Crippen molar-refractivity contribution < 1.29 is 13.6 Å². The van der Waals surface area contributed by atoms with Crippen molar-refractivity contribution in [3.05, 3.63) is 96.1 Å². The van der Waals surface area contributed by atoms with E-state index >= 15 is 0 Å². The van der Waals surface area contributed by atoms with Crippen LogP contribution in [0.3, 0.4) is 0 Å². The van der Waals surface area contributed by atoms with Crippen LogP contribution in [0.5, 0.6) is 0 Å². The summed E-state index contributed by atoms with van der Waals surface area (Å²) in [6, 6.07) is 21.9. The molecule has 0 atom stereocenters. The van der Waals surface area contributed by atoms with E-state index in [1.54, 1.807) is 29.1 Å². The fourth-order valence-corrected chi connectivity index (χ4v) is 4.21. The molecule has 3 heterocycles. The van der Waals surface area contributed by atoms with Crippen molar-refractivity contribution in [2.45, 2.75) is 13.0 Å².